The zero-order valence-electron chi connectivity index (χ0n) is 6.58. The molecule has 0 saturated carbocycles. The van der Waals surface area contributed by atoms with Gasteiger partial charge in [0.2, 0.25) is 0 Å². The van der Waals surface area contributed by atoms with E-state index in [0.717, 1.165) is 29.8 Å². The van der Waals surface area contributed by atoms with Crippen LogP contribution in [0.1, 0.15) is 5.82 Å². The second kappa shape index (κ2) is 3.62. The fourth-order valence-electron chi connectivity index (χ4n) is 0.996. The Morgan fingerprint density at radius 1 is 1.67 bits per heavy atom. The number of H-pyrrole nitrogens is 1. The Hall–Kier alpha value is -0.970. The van der Waals surface area contributed by atoms with Crippen LogP contribution in [0.25, 0.3) is 0 Å². The molecule has 0 amide bonds. The molecule has 0 saturated heterocycles. The molecule has 0 aliphatic carbocycles. The lowest BCUT2D eigenvalue weighted by molar-refractivity contribution is 0.853. The molecule has 0 radical (unpaired) electrons. The van der Waals surface area contributed by atoms with Crippen LogP contribution >= 0.6 is 11.8 Å². The van der Waals surface area contributed by atoms with Gasteiger partial charge in [0.1, 0.15) is 5.82 Å². The minimum atomic E-state index is 0.735. The van der Waals surface area contributed by atoms with E-state index in [1.165, 1.54) is 0 Å². The van der Waals surface area contributed by atoms with Crippen LogP contribution in [0.4, 0.5) is 0 Å². The Morgan fingerprint density at radius 2 is 2.67 bits per heavy atom. The predicted molar refractivity (Wildman–Crippen MR) is 50.2 cm³/mol. The van der Waals surface area contributed by atoms with Crippen molar-refractivity contribution in [3.63, 3.8) is 0 Å². The monoisotopic (exact) mass is 182 g/mol. The normalized spacial score (nSPS) is 16.2. The van der Waals surface area contributed by atoms with Gasteiger partial charge in [-0.2, -0.15) is 0 Å². The summed E-state index contributed by atoms with van der Waals surface area (Å²) in [7, 11) is 0. The van der Waals surface area contributed by atoms with Crippen molar-refractivity contribution in [2.24, 2.45) is 4.99 Å². The summed E-state index contributed by atoms with van der Waals surface area (Å²) >= 11 is 1.76. The molecule has 2 N–H and O–H groups in total. The molecule has 2 rings (SSSR count). The zero-order chi connectivity index (χ0) is 8.23. The van der Waals surface area contributed by atoms with Gasteiger partial charge in [-0.1, -0.05) is 11.8 Å². The van der Waals surface area contributed by atoms with Gasteiger partial charge in [-0.05, 0) is 0 Å². The predicted octanol–water partition coefficient (Wildman–Crippen LogP) is 0.602. The van der Waals surface area contributed by atoms with E-state index in [1.54, 1.807) is 18.0 Å². The van der Waals surface area contributed by atoms with Crippen LogP contribution in [-0.4, -0.2) is 27.4 Å². The van der Waals surface area contributed by atoms with E-state index < -0.39 is 0 Å². The van der Waals surface area contributed by atoms with Gasteiger partial charge in [0.15, 0.2) is 5.17 Å². The smallest absolute Gasteiger partial charge is 0.157 e. The van der Waals surface area contributed by atoms with E-state index in [4.69, 9.17) is 0 Å². The van der Waals surface area contributed by atoms with E-state index in [0.29, 0.717) is 0 Å². The lowest BCUT2D eigenvalue weighted by Gasteiger charge is -2.00. The topological polar surface area (TPSA) is 53.1 Å². The van der Waals surface area contributed by atoms with Gasteiger partial charge < -0.3 is 10.3 Å². The van der Waals surface area contributed by atoms with E-state index in [9.17, 15) is 0 Å². The molecule has 0 bridgehead atoms. The number of imidazole rings is 1. The first-order chi connectivity index (χ1) is 5.95. The molecule has 2 heterocycles. The number of aliphatic imine (C=N–C) groups is 1. The third-order valence-corrected chi connectivity index (χ3v) is 2.48. The van der Waals surface area contributed by atoms with E-state index >= 15 is 0 Å². The van der Waals surface area contributed by atoms with E-state index in [-0.39, 0.29) is 0 Å². The SMILES string of the molecule is c1c[nH]c(CNC2=NCCS2)n1. The standard InChI is InChI=1S/C7H10N4S/c1-2-9-6(8-1)5-11-7-10-3-4-12-7/h1-2H,3-5H2,(H,8,9)(H,10,11). The lowest BCUT2D eigenvalue weighted by Crippen LogP contribution is -2.18. The van der Waals surface area contributed by atoms with Crippen molar-refractivity contribution in [2.45, 2.75) is 6.54 Å². The first-order valence-corrected chi connectivity index (χ1v) is 4.83. The Balaban J connectivity index is 1.82. The first kappa shape index (κ1) is 7.67. The van der Waals surface area contributed by atoms with Crippen molar-refractivity contribution in [1.82, 2.24) is 15.3 Å². The summed E-state index contributed by atoms with van der Waals surface area (Å²) in [5, 5.41) is 4.24. The van der Waals surface area contributed by atoms with Crippen molar-refractivity contribution in [1.29, 1.82) is 0 Å². The molecular formula is C7H10N4S. The maximum Gasteiger partial charge on any atom is 0.157 e. The number of amidine groups is 1. The van der Waals surface area contributed by atoms with Crippen LogP contribution in [0.15, 0.2) is 17.4 Å². The molecule has 64 valence electrons. The van der Waals surface area contributed by atoms with Crippen molar-refractivity contribution < 1.29 is 0 Å². The lowest BCUT2D eigenvalue weighted by atomic mass is 10.6. The van der Waals surface area contributed by atoms with Crippen LogP contribution < -0.4 is 5.32 Å². The molecule has 0 spiro atoms. The van der Waals surface area contributed by atoms with E-state index in [1.807, 2.05) is 6.20 Å². The molecule has 1 aliphatic heterocycles. The van der Waals surface area contributed by atoms with Gasteiger partial charge in [0.05, 0.1) is 13.1 Å². The molecule has 1 aliphatic rings. The van der Waals surface area contributed by atoms with Crippen LogP contribution in [0.2, 0.25) is 0 Å². The number of nitrogens with zero attached hydrogens (tertiary/aromatic N) is 2. The number of rotatable bonds is 2. The third kappa shape index (κ3) is 1.79. The molecular weight excluding hydrogens is 172 g/mol. The average Bonchev–Trinajstić information content (AvgIpc) is 2.74. The summed E-state index contributed by atoms with van der Waals surface area (Å²) in [6, 6.07) is 0. The van der Waals surface area contributed by atoms with Gasteiger partial charge in [0, 0.05) is 18.1 Å². The molecule has 1 aromatic rings. The number of aromatic nitrogens is 2. The van der Waals surface area contributed by atoms with Gasteiger partial charge >= 0.3 is 0 Å². The van der Waals surface area contributed by atoms with Crippen LogP contribution in [-0.2, 0) is 6.54 Å². The minimum absolute atomic E-state index is 0.735. The van der Waals surface area contributed by atoms with Crippen molar-refractivity contribution in [2.75, 3.05) is 12.3 Å². The summed E-state index contributed by atoms with van der Waals surface area (Å²) in [6.07, 6.45) is 3.57. The quantitative estimate of drug-likeness (QED) is 0.704. The summed E-state index contributed by atoms with van der Waals surface area (Å²) in [5.41, 5.74) is 0. The summed E-state index contributed by atoms with van der Waals surface area (Å²) in [6.45, 7) is 1.67. The number of nitrogens with one attached hydrogen (secondary N) is 2. The molecule has 0 atom stereocenters. The number of hydrogen-bond acceptors (Lipinski definition) is 4. The largest absolute Gasteiger partial charge is 0.358 e. The Bertz CT molecular complexity index is 267. The molecule has 5 heteroatoms. The third-order valence-electron chi connectivity index (χ3n) is 1.55. The Morgan fingerprint density at radius 3 is 3.33 bits per heavy atom. The fraction of sp³-hybridized carbons (Fsp3) is 0.429. The van der Waals surface area contributed by atoms with Crippen molar-refractivity contribution >= 4 is 16.9 Å². The molecule has 0 aromatic carbocycles. The fourth-order valence-corrected chi connectivity index (χ4v) is 1.73. The molecule has 1 aromatic heterocycles. The molecule has 0 unspecified atom stereocenters. The highest BCUT2D eigenvalue weighted by molar-refractivity contribution is 8.14. The van der Waals surface area contributed by atoms with Crippen LogP contribution in [0.3, 0.4) is 0 Å². The summed E-state index contributed by atoms with van der Waals surface area (Å²) in [4.78, 5) is 11.4. The highest BCUT2D eigenvalue weighted by Gasteiger charge is 2.05. The molecule has 4 nitrogen and oxygen atoms in total. The maximum absolute atomic E-state index is 4.26. The van der Waals surface area contributed by atoms with Crippen LogP contribution in [0, 0.1) is 0 Å². The van der Waals surface area contributed by atoms with Gasteiger partial charge in [-0.3, -0.25) is 4.99 Å². The van der Waals surface area contributed by atoms with Gasteiger partial charge in [-0.25, -0.2) is 4.98 Å². The zero-order valence-corrected chi connectivity index (χ0v) is 7.40. The maximum atomic E-state index is 4.26. The van der Waals surface area contributed by atoms with Gasteiger partial charge in [0.25, 0.3) is 0 Å². The number of hydrogen-bond donors (Lipinski definition) is 2. The van der Waals surface area contributed by atoms with Crippen molar-refractivity contribution in [3.8, 4) is 0 Å². The highest BCUT2D eigenvalue weighted by Crippen LogP contribution is 2.08. The van der Waals surface area contributed by atoms with Crippen molar-refractivity contribution in [3.05, 3.63) is 18.2 Å². The minimum Gasteiger partial charge on any atom is -0.358 e. The summed E-state index contributed by atoms with van der Waals surface area (Å²) in [5.74, 6) is 2.05. The molecule has 12 heavy (non-hydrogen) atoms. The van der Waals surface area contributed by atoms with Crippen LogP contribution in [0.5, 0.6) is 0 Å². The first-order valence-electron chi connectivity index (χ1n) is 3.84. The van der Waals surface area contributed by atoms with Gasteiger partial charge in [-0.15, -0.1) is 0 Å². The van der Waals surface area contributed by atoms with E-state index in [2.05, 4.69) is 20.3 Å². The number of thioether (sulfide) groups is 1. The average molecular weight is 182 g/mol. The second-order valence-electron chi connectivity index (χ2n) is 2.42. The second-order valence-corrected chi connectivity index (χ2v) is 3.51. The molecule has 0 fully saturated rings. The summed E-state index contributed by atoms with van der Waals surface area (Å²) < 4.78 is 0. The Labute approximate surface area is 74.9 Å². The highest BCUT2D eigenvalue weighted by atomic mass is 32.2. The Kier molecular flexibility index (Phi) is 2.31. The number of aromatic amines is 1.